The van der Waals surface area contributed by atoms with Gasteiger partial charge in [-0.2, -0.15) is 0 Å². The molecule has 1 aliphatic carbocycles. The molecule has 1 aliphatic heterocycles. The molecule has 2 atom stereocenters. The Labute approximate surface area is 121 Å². The summed E-state index contributed by atoms with van der Waals surface area (Å²) in [7, 11) is 0. The molecule has 1 saturated heterocycles. The Morgan fingerprint density at radius 1 is 1.35 bits per heavy atom. The number of ether oxygens (including phenoxy) is 2. The van der Waals surface area contributed by atoms with E-state index >= 15 is 0 Å². The highest BCUT2D eigenvalue weighted by molar-refractivity contribution is 5.81. The molecule has 1 heterocycles. The van der Waals surface area contributed by atoms with Crippen molar-refractivity contribution in [2.24, 2.45) is 5.73 Å². The molecule has 1 saturated carbocycles. The molecular formula is C15H28N2O3. The van der Waals surface area contributed by atoms with Crippen molar-refractivity contribution in [3.8, 4) is 0 Å². The lowest BCUT2D eigenvalue weighted by Gasteiger charge is -2.26. The molecule has 5 heteroatoms. The number of amides is 1. The maximum absolute atomic E-state index is 11.8. The topological polar surface area (TPSA) is 73.6 Å². The number of hydrogen-bond donors (Lipinski definition) is 2. The molecule has 2 rings (SSSR count). The van der Waals surface area contributed by atoms with Gasteiger partial charge in [0.25, 0.3) is 0 Å². The van der Waals surface area contributed by atoms with Gasteiger partial charge in [-0.3, -0.25) is 4.79 Å². The largest absolute Gasteiger partial charge is 0.352 e. The summed E-state index contributed by atoms with van der Waals surface area (Å²) in [5.74, 6) is -0.463. The van der Waals surface area contributed by atoms with Crippen LogP contribution < -0.4 is 11.1 Å². The van der Waals surface area contributed by atoms with E-state index in [9.17, 15) is 4.79 Å². The van der Waals surface area contributed by atoms with Crippen LogP contribution >= 0.6 is 0 Å². The fraction of sp³-hybridized carbons (Fsp3) is 0.933. The molecule has 0 aromatic heterocycles. The van der Waals surface area contributed by atoms with Crippen LogP contribution in [0.1, 0.15) is 58.3 Å². The molecule has 1 amide bonds. The van der Waals surface area contributed by atoms with Crippen molar-refractivity contribution in [1.29, 1.82) is 0 Å². The number of hydrogen-bond acceptors (Lipinski definition) is 4. The standard InChI is InChI=1S/C15H28N2O3/c1-2-7-13(16)14(18)17-10-12-11-19-15(20-12)8-5-3-4-6-9-15/h12-13H,2-11,16H2,1H3,(H,17,18). The van der Waals surface area contributed by atoms with Crippen molar-refractivity contribution < 1.29 is 14.3 Å². The van der Waals surface area contributed by atoms with E-state index in [-0.39, 0.29) is 17.8 Å². The Morgan fingerprint density at radius 3 is 2.70 bits per heavy atom. The first-order valence-corrected chi connectivity index (χ1v) is 8.00. The van der Waals surface area contributed by atoms with Crippen molar-refractivity contribution in [1.82, 2.24) is 5.32 Å². The fourth-order valence-electron chi connectivity index (χ4n) is 3.03. The van der Waals surface area contributed by atoms with Crippen LogP contribution in [0.5, 0.6) is 0 Å². The summed E-state index contributed by atoms with van der Waals surface area (Å²) < 4.78 is 12.0. The predicted octanol–water partition coefficient (Wildman–Crippen LogP) is 1.70. The van der Waals surface area contributed by atoms with E-state index in [1.165, 1.54) is 25.7 Å². The van der Waals surface area contributed by atoms with Gasteiger partial charge in [0.15, 0.2) is 5.79 Å². The van der Waals surface area contributed by atoms with Gasteiger partial charge in [-0.15, -0.1) is 0 Å². The lowest BCUT2D eigenvalue weighted by atomic mass is 10.1. The smallest absolute Gasteiger partial charge is 0.237 e. The van der Waals surface area contributed by atoms with Crippen molar-refractivity contribution >= 4 is 5.91 Å². The lowest BCUT2D eigenvalue weighted by molar-refractivity contribution is -0.175. The lowest BCUT2D eigenvalue weighted by Crippen LogP contribution is -2.44. The number of nitrogens with two attached hydrogens (primary N) is 1. The monoisotopic (exact) mass is 284 g/mol. The van der Waals surface area contributed by atoms with E-state index in [0.29, 0.717) is 13.2 Å². The minimum Gasteiger partial charge on any atom is -0.352 e. The van der Waals surface area contributed by atoms with Crippen LogP contribution in [-0.4, -0.2) is 37.0 Å². The minimum absolute atomic E-state index is 0.0362. The fourth-order valence-corrected chi connectivity index (χ4v) is 3.03. The molecule has 0 radical (unpaired) electrons. The summed E-state index contributed by atoms with van der Waals surface area (Å²) >= 11 is 0. The number of nitrogens with one attached hydrogen (secondary N) is 1. The van der Waals surface area contributed by atoms with Gasteiger partial charge in [-0.1, -0.05) is 26.2 Å². The third kappa shape index (κ3) is 4.17. The van der Waals surface area contributed by atoms with Crippen molar-refractivity contribution in [3.05, 3.63) is 0 Å². The molecule has 0 bridgehead atoms. The molecule has 5 nitrogen and oxygen atoms in total. The van der Waals surface area contributed by atoms with Gasteiger partial charge in [0.2, 0.25) is 5.91 Å². The predicted molar refractivity (Wildman–Crippen MR) is 77.2 cm³/mol. The van der Waals surface area contributed by atoms with Crippen LogP contribution in [0.15, 0.2) is 0 Å². The van der Waals surface area contributed by atoms with Gasteiger partial charge in [-0.25, -0.2) is 0 Å². The highest BCUT2D eigenvalue weighted by Gasteiger charge is 2.41. The van der Waals surface area contributed by atoms with Crippen LogP contribution in [0, 0.1) is 0 Å². The summed E-state index contributed by atoms with van der Waals surface area (Å²) in [5, 5.41) is 2.88. The Balaban J connectivity index is 1.74. The maximum Gasteiger partial charge on any atom is 0.237 e. The number of rotatable bonds is 5. The van der Waals surface area contributed by atoms with Crippen LogP contribution in [0.3, 0.4) is 0 Å². The summed E-state index contributed by atoms with van der Waals surface area (Å²) in [6.07, 6.45) is 8.42. The Hall–Kier alpha value is -0.650. The molecule has 2 fully saturated rings. The highest BCUT2D eigenvalue weighted by atomic mass is 16.7. The van der Waals surface area contributed by atoms with Gasteiger partial charge < -0.3 is 20.5 Å². The SMILES string of the molecule is CCCC(N)C(=O)NCC1COC2(CCCCCC2)O1. The van der Waals surface area contributed by atoms with Crippen molar-refractivity contribution in [2.75, 3.05) is 13.2 Å². The molecule has 3 N–H and O–H groups in total. The second-order valence-electron chi connectivity index (χ2n) is 6.02. The molecular weight excluding hydrogens is 256 g/mol. The van der Waals surface area contributed by atoms with E-state index in [1.54, 1.807) is 0 Å². The first kappa shape index (κ1) is 15.7. The van der Waals surface area contributed by atoms with Gasteiger partial charge in [0.05, 0.1) is 12.6 Å². The molecule has 2 aliphatic rings. The summed E-state index contributed by atoms with van der Waals surface area (Å²) in [6, 6.07) is -0.408. The minimum atomic E-state index is -0.408. The summed E-state index contributed by atoms with van der Waals surface area (Å²) in [4.78, 5) is 11.8. The van der Waals surface area contributed by atoms with Gasteiger partial charge in [0, 0.05) is 19.4 Å². The number of carbonyl (C=O) groups excluding carboxylic acids is 1. The van der Waals surface area contributed by atoms with E-state index in [0.717, 1.165) is 25.7 Å². The van der Waals surface area contributed by atoms with Crippen LogP contribution in [-0.2, 0) is 14.3 Å². The van der Waals surface area contributed by atoms with E-state index in [2.05, 4.69) is 5.32 Å². The molecule has 0 aromatic rings. The summed E-state index contributed by atoms with van der Waals surface area (Å²) in [5.41, 5.74) is 5.79. The van der Waals surface area contributed by atoms with Crippen molar-refractivity contribution in [3.63, 3.8) is 0 Å². The van der Waals surface area contributed by atoms with E-state index in [4.69, 9.17) is 15.2 Å². The quantitative estimate of drug-likeness (QED) is 0.806. The van der Waals surface area contributed by atoms with Gasteiger partial charge in [-0.05, 0) is 19.3 Å². The second-order valence-corrected chi connectivity index (χ2v) is 6.02. The molecule has 2 unspecified atom stereocenters. The third-order valence-corrected chi connectivity index (χ3v) is 4.22. The number of carbonyl (C=O) groups is 1. The first-order chi connectivity index (χ1) is 9.65. The zero-order valence-corrected chi connectivity index (χ0v) is 12.5. The second kappa shape index (κ2) is 7.38. The highest BCUT2D eigenvalue weighted by Crippen LogP contribution is 2.36. The maximum atomic E-state index is 11.8. The average molecular weight is 284 g/mol. The molecule has 116 valence electrons. The van der Waals surface area contributed by atoms with Crippen LogP contribution in [0.25, 0.3) is 0 Å². The molecule has 20 heavy (non-hydrogen) atoms. The third-order valence-electron chi connectivity index (χ3n) is 4.22. The Kier molecular flexibility index (Phi) is 5.81. The zero-order chi connectivity index (χ0) is 14.4. The normalized spacial score (nSPS) is 27.2. The Morgan fingerprint density at radius 2 is 2.05 bits per heavy atom. The van der Waals surface area contributed by atoms with Gasteiger partial charge >= 0.3 is 0 Å². The van der Waals surface area contributed by atoms with Gasteiger partial charge in [0.1, 0.15) is 6.10 Å². The Bertz CT molecular complexity index is 314. The molecule has 0 aromatic carbocycles. The van der Waals surface area contributed by atoms with E-state index in [1.807, 2.05) is 6.92 Å². The van der Waals surface area contributed by atoms with Crippen LogP contribution in [0.2, 0.25) is 0 Å². The average Bonchev–Trinajstić information content (AvgIpc) is 2.68. The van der Waals surface area contributed by atoms with E-state index < -0.39 is 6.04 Å². The summed E-state index contributed by atoms with van der Waals surface area (Å²) in [6.45, 7) is 3.10. The first-order valence-electron chi connectivity index (χ1n) is 8.00. The van der Waals surface area contributed by atoms with Crippen LogP contribution in [0.4, 0.5) is 0 Å². The zero-order valence-electron chi connectivity index (χ0n) is 12.5. The van der Waals surface area contributed by atoms with Crippen molar-refractivity contribution in [2.45, 2.75) is 76.2 Å². The molecule has 1 spiro atoms.